The Balaban J connectivity index is 3.00. The molecule has 1 N–H and O–H groups in total. The van der Waals surface area contributed by atoms with Crippen LogP contribution in [0, 0.1) is 10.1 Å². The highest BCUT2D eigenvalue weighted by Gasteiger charge is 2.24. The van der Waals surface area contributed by atoms with Gasteiger partial charge in [-0.1, -0.05) is 47.8 Å². The first-order valence-electron chi connectivity index (χ1n) is 2.81. The van der Waals surface area contributed by atoms with Gasteiger partial charge in [-0.2, -0.15) is 0 Å². The average molecular weight is 363 g/mol. The Morgan fingerprint density at radius 3 is 2.33 bits per heavy atom. The lowest BCUT2D eigenvalue weighted by Crippen LogP contribution is -1.96. The maximum atomic E-state index is 10.3. The number of hydrogen-bond donors (Lipinski definition) is 1. The zero-order chi connectivity index (χ0) is 9.35. The Kier molecular flexibility index (Phi) is 2.95. The molecule has 0 amide bonds. The Labute approximate surface area is 93.3 Å². The normalized spacial score (nSPS) is 11.6. The van der Waals surface area contributed by atoms with Crippen molar-refractivity contribution in [3.05, 3.63) is 28.1 Å². The van der Waals surface area contributed by atoms with Gasteiger partial charge >= 0.3 is 0 Å². The monoisotopic (exact) mass is 360 g/mol. The van der Waals surface area contributed by atoms with Crippen molar-refractivity contribution in [3.8, 4) is 0 Å². The molecule has 1 heterocycles. The topological polar surface area (TPSA) is 58.9 Å². The van der Waals surface area contributed by atoms with Crippen molar-refractivity contribution in [1.29, 1.82) is 0 Å². The van der Waals surface area contributed by atoms with E-state index in [1.807, 2.05) is 0 Å². The number of rotatable bonds is 1. The lowest BCUT2D eigenvalue weighted by Gasteiger charge is -2.07. The third-order valence-corrected chi connectivity index (χ3v) is 2.47. The number of nitrogens with one attached hydrogen (secondary N) is 1. The molecule has 0 aliphatic carbocycles. The van der Waals surface area contributed by atoms with Gasteiger partial charge in [-0.15, -0.1) is 0 Å². The number of H-pyrrole nitrogens is 1. The predicted octanol–water partition coefficient (Wildman–Crippen LogP) is 3.22. The van der Waals surface area contributed by atoms with Crippen LogP contribution < -0.4 is 0 Å². The summed E-state index contributed by atoms with van der Waals surface area (Å²) in [5, 5.41) is 10.3. The molecule has 0 aromatic carbocycles. The van der Waals surface area contributed by atoms with E-state index < -0.39 is 7.07 Å². The largest absolute Gasteiger partial charge is 0.357 e. The molecule has 66 valence electrons. The summed E-state index contributed by atoms with van der Waals surface area (Å²) < 4.78 is -0.624. The maximum Gasteiger partial charge on any atom is 0.287 e. The number of alkyl halides is 3. The van der Waals surface area contributed by atoms with Crippen molar-refractivity contribution in [2.45, 2.75) is 2.14 Å². The third kappa shape index (κ3) is 2.30. The number of halogens is 3. The van der Waals surface area contributed by atoms with Crippen molar-refractivity contribution in [2.75, 3.05) is 0 Å². The minimum absolute atomic E-state index is 0.0349. The minimum atomic E-state index is -0.624. The van der Waals surface area contributed by atoms with Crippen molar-refractivity contribution >= 4 is 53.5 Å². The molecule has 0 fully saturated rings. The molecule has 0 aliphatic heterocycles. The first kappa shape index (κ1) is 10.2. The van der Waals surface area contributed by atoms with Gasteiger partial charge in [0.25, 0.3) is 5.69 Å². The molecule has 1 aromatic heterocycles. The summed E-state index contributed by atoms with van der Waals surface area (Å²) in [6.07, 6.45) is 1.33. The van der Waals surface area contributed by atoms with Crippen LogP contribution in [0.15, 0.2) is 12.3 Å². The summed E-state index contributed by atoms with van der Waals surface area (Å²) in [6, 6.07) is 1.43. The molecule has 0 radical (unpaired) electrons. The van der Waals surface area contributed by atoms with E-state index in [2.05, 4.69) is 52.8 Å². The van der Waals surface area contributed by atoms with Gasteiger partial charge in [0.05, 0.1) is 16.8 Å². The van der Waals surface area contributed by atoms with E-state index in [1.165, 1.54) is 12.3 Å². The smallest absolute Gasteiger partial charge is 0.287 e. The van der Waals surface area contributed by atoms with Gasteiger partial charge < -0.3 is 4.98 Å². The molecular weight excluding hydrogens is 360 g/mol. The van der Waals surface area contributed by atoms with Crippen LogP contribution in [0.4, 0.5) is 5.69 Å². The summed E-state index contributed by atoms with van der Waals surface area (Å²) >= 11 is 9.69. The molecule has 7 heteroatoms. The number of aromatic nitrogens is 1. The van der Waals surface area contributed by atoms with Gasteiger partial charge in [0, 0.05) is 6.07 Å². The van der Waals surface area contributed by atoms with E-state index in [4.69, 9.17) is 0 Å². The minimum Gasteiger partial charge on any atom is -0.357 e. The fraction of sp³-hybridized carbons (Fsp3) is 0.200. The molecule has 4 nitrogen and oxygen atoms in total. The molecule has 0 bridgehead atoms. The Bertz CT molecular complexity index is 304. The van der Waals surface area contributed by atoms with Crippen LogP contribution in [0.25, 0.3) is 0 Å². The molecule has 0 atom stereocenters. The van der Waals surface area contributed by atoms with Crippen molar-refractivity contribution < 1.29 is 4.92 Å². The first-order valence-corrected chi connectivity index (χ1v) is 5.19. The second-order valence-electron chi connectivity index (χ2n) is 2.03. The van der Waals surface area contributed by atoms with Crippen LogP contribution in [0.1, 0.15) is 5.69 Å². The van der Waals surface area contributed by atoms with E-state index in [9.17, 15) is 10.1 Å². The van der Waals surface area contributed by atoms with Crippen LogP contribution in [-0.2, 0) is 2.14 Å². The van der Waals surface area contributed by atoms with Crippen molar-refractivity contribution in [3.63, 3.8) is 0 Å². The number of nitrogens with zero attached hydrogens (tertiary/aromatic N) is 1. The van der Waals surface area contributed by atoms with E-state index in [0.29, 0.717) is 5.69 Å². The quantitative estimate of drug-likeness (QED) is 0.474. The summed E-state index contributed by atoms with van der Waals surface area (Å²) in [7, 11) is 0. The summed E-state index contributed by atoms with van der Waals surface area (Å²) in [6.45, 7) is 0. The molecule has 0 saturated heterocycles. The van der Waals surface area contributed by atoms with Crippen LogP contribution in [-0.4, -0.2) is 9.91 Å². The van der Waals surface area contributed by atoms with Crippen molar-refractivity contribution in [1.82, 2.24) is 4.98 Å². The van der Waals surface area contributed by atoms with Gasteiger partial charge in [-0.05, 0) is 0 Å². The molecule has 0 aliphatic rings. The summed E-state index contributed by atoms with van der Waals surface area (Å²) in [5.41, 5.74) is 0.668. The fourth-order valence-corrected chi connectivity index (χ4v) is 1.34. The van der Waals surface area contributed by atoms with Crippen LogP contribution in [0.5, 0.6) is 0 Å². The van der Waals surface area contributed by atoms with Gasteiger partial charge in [0.2, 0.25) is 0 Å². The van der Waals surface area contributed by atoms with E-state index in [0.717, 1.165) is 0 Å². The average Bonchev–Trinajstić information content (AvgIpc) is 2.30. The lowest BCUT2D eigenvalue weighted by atomic mass is 10.4. The zero-order valence-electron chi connectivity index (χ0n) is 5.55. The van der Waals surface area contributed by atoms with Crippen LogP contribution in [0.2, 0.25) is 0 Å². The van der Waals surface area contributed by atoms with E-state index in [-0.39, 0.29) is 5.69 Å². The fourth-order valence-electron chi connectivity index (χ4n) is 0.652. The Morgan fingerprint density at radius 1 is 1.50 bits per heavy atom. The maximum absolute atomic E-state index is 10.3. The number of aromatic amines is 1. The van der Waals surface area contributed by atoms with Crippen LogP contribution >= 0.6 is 47.8 Å². The molecule has 0 spiro atoms. The highest BCUT2D eigenvalue weighted by Crippen LogP contribution is 2.44. The highest BCUT2D eigenvalue weighted by atomic mass is 80.0. The van der Waals surface area contributed by atoms with E-state index >= 15 is 0 Å². The van der Waals surface area contributed by atoms with E-state index in [1.54, 1.807) is 0 Å². The predicted molar refractivity (Wildman–Crippen MR) is 55.9 cm³/mol. The Hall–Kier alpha value is 0.120. The number of hydrogen-bond acceptors (Lipinski definition) is 2. The van der Waals surface area contributed by atoms with Gasteiger partial charge in [-0.3, -0.25) is 10.1 Å². The third-order valence-electron chi connectivity index (χ3n) is 1.18. The van der Waals surface area contributed by atoms with Gasteiger partial charge in [0.1, 0.15) is 0 Å². The molecule has 12 heavy (non-hydrogen) atoms. The summed E-state index contributed by atoms with van der Waals surface area (Å²) in [5.74, 6) is 0. The molecule has 1 rings (SSSR count). The molecule has 1 aromatic rings. The standard InChI is InChI=1S/C5H3Br3N2O2/c6-5(7,8)4-1-3(2-9-4)10(11)12/h1-2,9H. The first-order chi connectivity index (χ1) is 5.41. The SMILES string of the molecule is O=[N+]([O-])c1c[nH]c(C(Br)(Br)Br)c1. The summed E-state index contributed by atoms with van der Waals surface area (Å²) in [4.78, 5) is 12.6. The number of nitro groups is 1. The van der Waals surface area contributed by atoms with Crippen molar-refractivity contribution in [2.24, 2.45) is 0 Å². The highest BCUT2D eigenvalue weighted by molar-refractivity contribution is 9.38. The van der Waals surface area contributed by atoms with Crippen LogP contribution in [0.3, 0.4) is 0 Å². The Morgan fingerprint density at radius 2 is 2.08 bits per heavy atom. The second-order valence-corrected chi connectivity index (χ2v) is 8.79. The second kappa shape index (κ2) is 3.47. The molecular formula is C5H3Br3N2O2. The molecule has 0 unspecified atom stereocenters. The van der Waals surface area contributed by atoms with Gasteiger partial charge in [-0.25, -0.2) is 0 Å². The zero-order valence-corrected chi connectivity index (χ0v) is 10.3. The van der Waals surface area contributed by atoms with Gasteiger partial charge in [0.15, 0.2) is 2.14 Å². The molecule has 0 saturated carbocycles. The lowest BCUT2D eigenvalue weighted by molar-refractivity contribution is -0.384.